The molecule has 32 heavy (non-hydrogen) atoms. The average Bonchev–Trinajstić information content (AvgIpc) is 2.79. The van der Waals surface area contributed by atoms with Gasteiger partial charge in [0.05, 0.1) is 25.7 Å². The molecule has 0 atom stereocenters. The molecule has 0 aliphatic carbocycles. The van der Waals surface area contributed by atoms with Crippen molar-refractivity contribution in [2.24, 2.45) is 0 Å². The topological polar surface area (TPSA) is 108 Å². The number of nitrogens with zero attached hydrogens (tertiary/aromatic N) is 1. The first-order valence-corrected chi connectivity index (χ1v) is 11.6. The smallest absolute Gasteiger partial charge is 0.343 e. The molecule has 0 aliphatic rings. The molecule has 0 unspecified atom stereocenters. The van der Waals surface area contributed by atoms with Crippen molar-refractivity contribution in [2.75, 3.05) is 47.3 Å². The molecular weight excluding hydrogens is 438 g/mol. The summed E-state index contributed by atoms with van der Waals surface area (Å²) < 4.78 is 44.0. The molecule has 0 N–H and O–H groups in total. The van der Waals surface area contributed by atoms with Gasteiger partial charge in [-0.2, -0.15) is 0 Å². The number of benzene rings is 2. The lowest BCUT2D eigenvalue weighted by molar-refractivity contribution is -0.142. The standard InChI is InChI=1S/C22H27NO8S/c1-23(11-6-12-30-17-7-5-8-18(14-17)32(4,26)27)22(25)16-9-10-19(20(13-16)28-2)31-15-21(24)29-3/h5,7-10,13-14H,6,11-12,15H2,1-4H3. The molecule has 0 saturated carbocycles. The van der Waals surface area contributed by atoms with Crippen LogP contribution in [-0.4, -0.2) is 72.5 Å². The molecule has 0 radical (unpaired) electrons. The molecular formula is C22H27NO8S. The second kappa shape index (κ2) is 11.4. The molecule has 0 aliphatic heterocycles. The van der Waals surface area contributed by atoms with Gasteiger partial charge in [0.1, 0.15) is 5.75 Å². The van der Waals surface area contributed by atoms with Crippen LogP contribution in [0, 0.1) is 0 Å². The van der Waals surface area contributed by atoms with Gasteiger partial charge in [-0.25, -0.2) is 13.2 Å². The van der Waals surface area contributed by atoms with E-state index in [1.54, 1.807) is 42.3 Å². The summed E-state index contributed by atoms with van der Waals surface area (Å²) in [4.78, 5) is 25.7. The van der Waals surface area contributed by atoms with Crippen molar-refractivity contribution in [1.29, 1.82) is 0 Å². The maximum absolute atomic E-state index is 12.7. The van der Waals surface area contributed by atoms with E-state index in [1.165, 1.54) is 26.4 Å². The van der Waals surface area contributed by atoms with Crippen LogP contribution < -0.4 is 14.2 Å². The fraction of sp³-hybridized carbons (Fsp3) is 0.364. The van der Waals surface area contributed by atoms with Crippen molar-refractivity contribution in [3.63, 3.8) is 0 Å². The molecule has 9 nitrogen and oxygen atoms in total. The number of ether oxygens (including phenoxy) is 4. The Morgan fingerprint density at radius 1 is 1.00 bits per heavy atom. The quantitative estimate of drug-likeness (QED) is 0.367. The van der Waals surface area contributed by atoms with E-state index in [-0.39, 0.29) is 17.4 Å². The van der Waals surface area contributed by atoms with Crippen LogP contribution >= 0.6 is 0 Å². The zero-order valence-electron chi connectivity index (χ0n) is 18.5. The molecule has 0 heterocycles. The van der Waals surface area contributed by atoms with Gasteiger partial charge in [0.15, 0.2) is 27.9 Å². The summed E-state index contributed by atoms with van der Waals surface area (Å²) in [6, 6.07) is 11.0. The molecule has 0 saturated heterocycles. The Hall–Kier alpha value is -3.27. The molecule has 2 aromatic carbocycles. The van der Waals surface area contributed by atoms with E-state index >= 15 is 0 Å². The van der Waals surface area contributed by atoms with Crippen LogP contribution in [-0.2, 0) is 19.4 Å². The first-order valence-electron chi connectivity index (χ1n) is 9.71. The van der Waals surface area contributed by atoms with Gasteiger partial charge in [0, 0.05) is 25.4 Å². The number of amides is 1. The highest BCUT2D eigenvalue weighted by Crippen LogP contribution is 2.28. The summed E-state index contributed by atoms with van der Waals surface area (Å²) in [5, 5.41) is 0. The maximum atomic E-state index is 12.7. The average molecular weight is 466 g/mol. The van der Waals surface area contributed by atoms with Gasteiger partial charge in [0.25, 0.3) is 5.91 Å². The third-order valence-electron chi connectivity index (χ3n) is 4.47. The van der Waals surface area contributed by atoms with Crippen LogP contribution in [0.3, 0.4) is 0 Å². The predicted molar refractivity (Wildman–Crippen MR) is 117 cm³/mol. The van der Waals surface area contributed by atoms with Crippen molar-refractivity contribution >= 4 is 21.7 Å². The lowest BCUT2D eigenvalue weighted by Gasteiger charge is -2.18. The van der Waals surface area contributed by atoms with Crippen molar-refractivity contribution in [3.8, 4) is 17.2 Å². The SMILES string of the molecule is COC(=O)COc1ccc(C(=O)N(C)CCCOc2cccc(S(C)(=O)=O)c2)cc1OC. The highest BCUT2D eigenvalue weighted by atomic mass is 32.2. The van der Waals surface area contributed by atoms with Crippen LogP contribution in [0.1, 0.15) is 16.8 Å². The van der Waals surface area contributed by atoms with Gasteiger partial charge in [-0.15, -0.1) is 0 Å². The number of hydrogen-bond donors (Lipinski definition) is 0. The zero-order chi connectivity index (χ0) is 23.7. The Labute approximate surface area is 187 Å². The Bertz CT molecular complexity index is 1050. The second-order valence-corrected chi connectivity index (χ2v) is 8.92. The van der Waals surface area contributed by atoms with Gasteiger partial charge in [-0.05, 0) is 42.8 Å². The van der Waals surface area contributed by atoms with Crippen molar-refractivity contribution in [2.45, 2.75) is 11.3 Å². The predicted octanol–water partition coefficient (Wildman–Crippen LogP) is 2.19. The fourth-order valence-corrected chi connectivity index (χ4v) is 3.38. The summed E-state index contributed by atoms with van der Waals surface area (Å²) in [7, 11) is 1.06. The molecule has 0 spiro atoms. The molecule has 0 fully saturated rings. The summed E-state index contributed by atoms with van der Waals surface area (Å²) >= 11 is 0. The van der Waals surface area contributed by atoms with E-state index in [4.69, 9.17) is 14.2 Å². The lowest BCUT2D eigenvalue weighted by atomic mass is 10.1. The molecule has 1 amide bonds. The summed E-state index contributed by atoms with van der Waals surface area (Å²) in [5.74, 6) is 0.345. The summed E-state index contributed by atoms with van der Waals surface area (Å²) in [5.41, 5.74) is 0.400. The fourth-order valence-electron chi connectivity index (χ4n) is 2.72. The normalized spacial score (nSPS) is 10.9. The van der Waals surface area contributed by atoms with Gasteiger partial charge in [-0.1, -0.05) is 6.07 Å². The number of sulfone groups is 1. The molecule has 0 bridgehead atoms. The summed E-state index contributed by atoms with van der Waals surface area (Å²) in [6.45, 7) is 0.467. The number of rotatable bonds is 11. The van der Waals surface area contributed by atoms with Gasteiger partial charge in [-0.3, -0.25) is 4.79 Å². The first-order chi connectivity index (χ1) is 15.2. The number of methoxy groups -OCH3 is 2. The van der Waals surface area contributed by atoms with Gasteiger partial charge in [0.2, 0.25) is 0 Å². The van der Waals surface area contributed by atoms with E-state index in [0.29, 0.717) is 42.4 Å². The molecule has 2 aromatic rings. The Morgan fingerprint density at radius 3 is 2.41 bits per heavy atom. The minimum absolute atomic E-state index is 0.190. The lowest BCUT2D eigenvalue weighted by Crippen LogP contribution is -2.28. The minimum Gasteiger partial charge on any atom is -0.493 e. The highest BCUT2D eigenvalue weighted by molar-refractivity contribution is 7.90. The molecule has 0 aromatic heterocycles. The zero-order valence-corrected chi connectivity index (χ0v) is 19.3. The van der Waals surface area contributed by atoms with Crippen molar-refractivity contribution in [1.82, 2.24) is 4.90 Å². The Morgan fingerprint density at radius 2 is 1.75 bits per heavy atom. The first kappa shape index (κ1) is 25.0. The Balaban J connectivity index is 1.90. The second-order valence-electron chi connectivity index (χ2n) is 6.91. The molecule has 10 heteroatoms. The third kappa shape index (κ3) is 7.16. The largest absolute Gasteiger partial charge is 0.493 e. The number of carbonyl (C=O) groups is 2. The molecule has 2 rings (SSSR count). The highest BCUT2D eigenvalue weighted by Gasteiger charge is 2.16. The maximum Gasteiger partial charge on any atom is 0.343 e. The summed E-state index contributed by atoms with van der Waals surface area (Å²) in [6.07, 6.45) is 1.68. The third-order valence-corrected chi connectivity index (χ3v) is 5.58. The number of esters is 1. The van der Waals surface area contributed by atoms with Crippen LogP contribution in [0.15, 0.2) is 47.4 Å². The molecule has 174 valence electrons. The van der Waals surface area contributed by atoms with Gasteiger partial charge >= 0.3 is 5.97 Å². The van der Waals surface area contributed by atoms with Crippen LogP contribution in [0.25, 0.3) is 0 Å². The van der Waals surface area contributed by atoms with E-state index in [0.717, 1.165) is 6.26 Å². The van der Waals surface area contributed by atoms with E-state index in [9.17, 15) is 18.0 Å². The van der Waals surface area contributed by atoms with E-state index < -0.39 is 15.8 Å². The monoisotopic (exact) mass is 465 g/mol. The van der Waals surface area contributed by atoms with Crippen molar-refractivity contribution in [3.05, 3.63) is 48.0 Å². The van der Waals surface area contributed by atoms with E-state index in [2.05, 4.69) is 4.74 Å². The minimum atomic E-state index is -3.30. The Kier molecular flexibility index (Phi) is 8.89. The van der Waals surface area contributed by atoms with Crippen LogP contribution in [0.4, 0.5) is 0 Å². The van der Waals surface area contributed by atoms with E-state index in [1.807, 2.05) is 0 Å². The number of hydrogen-bond acceptors (Lipinski definition) is 8. The number of carbonyl (C=O) groups excluding carboxylic acids is 2. The van der Waals surface area contributed by atoms with Crippen molar-refractivity contribution < 1.29 is 37.0 Å². The van der Waals surface area contributed by atoms with Gasteiger partial charge < -0.3 is 23.8 Å². The van der Waals surface area contributed by atoms with Crippen LogP contribution in [0.5, 0.6) is 17.2 Å². The van der Waals surface area contributed by atoms with Crippen LogP contribution in [0.2, 0.25) is 0 Å².